The molecule has 0 atom stereocenters. The van der Waals surface area contributed by atoms with Gasteiger partial charge < -0.3 is 9.47 Å². The molecule has 0 aliphatic rings. The molecule has 1 heterocycles. The smallest absolute Gasteiger partial charge is 0.225 e. The molecule has 0 spiro atoms. The summed E-state index contributed by atoms with van der Waals surface area (Å²) in [6.45, 7) is 11.7. The monoisotopic (exact) mass is 312 g/mol. The van der Waals surface area contributed by atoms with E-state index in [1.165, 1.54) is 16.8 Å². The van der Waals surface area contributed by atoms with Crippen LogP contribution in [0.15, 0.2) is 42.6 Å². The van der Waals surface area contributed by atoms with Crippen LogP contribution >= 0.6 is 0 Å². The third kappa shape index (κ3) is 4.47. The minimum atomic E-state index is 0.0255. The lowest BCUT2D eigenvalue weighted by Gasteiger charge is -2.29. The summed E-state index contributed by atoms with van der Waals surface area (Å²) in [5.41, 5.74) is 3.73. The first kappa shape index (κ1) is 17.3. The minimum Gasteiger partial charge on any atom is -0.345 e. The highest BCUT2D eigenvalue weighted by molar-refractivity contribution is 5.78. The molecule has 23 heavy (non-hydrogen) atoms. The van der Waals surface area contributed by atoms with Gasteiger partial charge in [0.15, 0.2) is 0 Å². The maximum atomic E-state index is 12.4. The molecule has 1 aromatic heterocycles. The van der Waals surface area contributed by atoms with Crippen molar-refractivity contribution in [3.63, 3.8) is 0 Å². The molecule has 124 valence electrons. The third-order valence-electron chi connectivity index (χ3n) is 4.09. The Kier molecular flexibility index (Phi) is 5.64. The zero-order valence-electron chi connectivity index (χ0n) is 14.9. The molecule has 0 fully saturated rings. The zero-order valence-corrected chi connectivity index (χ0v) is 14.9. The topological polar surface area (TPSA) is 25.2 Å². The van der Waals surface area contributed by atoms with Crippen molar-refractivity contribution < 1.29 is 4.79 Å². The second-order valence-electron chi connectivity index (χ2n) is 6.83. The second kappa shape index (κ2) is 7.49. The van der Waals surface area contributed by atoms with Gasteiger partial charge in [0.25, 0.3) is 0 Å². The van der Waals surface area contributed by atoms with Gasteiger partial charge in [-0.05, 0) is 38.5 Å². The van der Waals surface area contributed by atoms with Crippen molar-refractivity contribution >= 4 is 5.91 Å². The van der Waals surface area contributed by atoms with Crippen molar-refractivity contribution in [3.8, 4) is 0 Å². The number of aromatic nitrogens is 1. The maximum Gasteiger partial charge on any atom is 0.225 e. The molecule has 0 aliphatic carbocycles. The van der Waals surface area contributed by atoms with Crippen LogP contribution in [-0.4, -0.2) is 21.4 Å². The van der Waals surface area contributed by atoms with Crippen molar-refractivity contribution in [3.05, 3.63) is 59.4 Å². The Morgan fingerprint density at radius 2 is 1.87 bits per heavy atom. The summed E-state index contributed by atoms with van der Waals surface area (Å²) in [5, 5.41) is 0. The Labute approximate surface area is 139 Å². The van der Waals surface area contributed by atoms with Crippen LogP contribution in [-0.2, 0) is 17.9 Å². The van der Waals surface area contributed by atoms with E-state index in [0.29, 0.717) is 6.54 Å². The Balaban J connectivity index is 2.18. The SMILES string of the molecule is Cc1cccc(Cn2cccc2CN(C(=O)C(C)C)C(C)C)c1. The van der Waals surface area contributed by atoms with Gasteiger partial charge in [-0.2, -0.15) is 0 Å². The largest absolute Gasteiger partial charge is 0.345 e. The molecule has 0 saturated carbocycles. The molecule has 1 amide bonds. The Morgan fingerprint density at radius 1 is 1.13 bits per heavy atom. The Morgan fingerprint density at radius 3 is 2.48 bits per heavy atom. The molecular weight excluding hydrogens is 284 g/mol. The van der Waals surface area contributed by atoms with Gasteiger partial charge >= 0.3 is 0 Å². The number of carbonyl (C=O) groups is 1. The molecule has 2 rings (SSSR count). The van der Waals surface area contributed by atoms with E-state index in [-0.39, 0.29) is 17.9 Å². The van der Waals surface area contributed by atoms with Gasteiger partial charge in [-0.25, -0.2) is 0 Å². The summed E-state index contributed by atoms with van der Waals surface area (Å²) in [7, 11) is 0. The van der Waals surface area contributed by atoms with Crippen LogP contribution in [0.3, 0.4) is 0 Å². The number of carbonyl (C=O) groups excluding carboxylic acids is 1. The maximum absolute atomic E-state index is 12.4. The molecule has 1 aromatic carbocycles. The fourth-order valence-electron chi connectivity index (χ4n) is 2.78. The van der Waals surface area contributed by atoms with E-state index in [9.17, 15) is 4.79 Å². The summed E-state index contributed by atoms with van der Waals surface area (Å²) in [4.78, 5) is 14.4. The van der Waals surface area contributed by atoms with Crippen LogP contribution < -0.4 is 0 Å². The van der Waals surface area contributed by atoms with Crippen molar-refractivity contribution in [1.82, 2.24) is 9.47 Å². The normalized spacial score (nSPS) is 11.3. The molecular formula is C20H28N2O. The van der Waals surface area contributed by atoms with Crippen LogP contribution in [0.5, 0.6) is 0 Å². The lowest BCUT2D eigenvalue weighted by molar-refractivity contribution is -0.136. The van der Waals surface area contributed by atoms with Crippen LogP contribution in [0.2, 0.25) is 0 Å². The number of aryl methyl sites for hydroxylation is 1. The highest BCUT2D eigenvalue weighted by Gasteiger charge is 2.21. The van der Waals surface area contributed by atoms with Gasteiger partial charge in [0, 0.05) is 30.4 Å². The fraction of sp³-hybridized carbons (Fsp3) is 0.450. The van der Waals surface area contributed by atoms with Gasteiger partial charge in [0.1, 0.15) is 0 Å². The molecule has 0 N–H and O–H groups in total. The molecule has 0 aliphatic heterocycles. The van der Waals surface area contributed by atoms with Crippen LogP contribution in [0.4, 0.5) is 0 Å². The summed E-state index contributed by atoms with van der Waals surface area (Å²) in [5.74, 6) is 0.237. The predicted molar refractivity (Wildman–Crippen MR) is 95.2 cm³/mol. The van der Waals surface area contributed by atoms with Gasteiger partial charge in [0.05, 0.1) is 6.54 Å². The molecule has 2 aromatic rings. The molecule has 3 nitrogen and oxygen atoms in total. The first-order chi connectivity index (χ1) is 10.9. The number of amides is 1. The number of benzene rings is 1. The number of hydrogen-bond donors (Lipinski definition) is 0. The van der Waals surface area contributed by atoms with E-state index in [4.69, 9.17) is 0 Å². The predicted octanol–water partition coefficient (Wildman–Crippen LogP) is 4.24. The number of nitrogens with zero attached hydrogens (tertiary/aromatic N) is 2. The average Bonchev–Trinajstić information content (AvgIpc) is 2.90. The van der Waals surface area contributed by atoms with Crippen molar-refractivity contribution in [2.45, 2.75) is 53.8 Å². The quantitative estimate of drug-likeness (QED) is 0.783. The van der Waals surface area contributed by atoms with E-state index in [1.807, 2.05) is 18.7 Å². The van der Waals surface area contributed by atoms with E-state index < -0.39 is 0 Å². The first-order valence-corrected chi connectivity index (χ1v) is 8.38. The highest BCUT2D eigenvalue weighted by atomic mass is 16.2. The van der Waals surface area contributed by atoms with Crippen LogP contribution in [0, 0.1) is 12.8 Å². The van der Waals surface area contributed by atoms with E-state index in [1.54, 1.807) is 0 Å². The van der Waals surface area contributed by atoms with Crippen LogP contribution in [0.25, 0.3) is 0 Å². The standard InChI is InChI=1S/C20H28N2O/c1-15(2)20(23)22(16(3)4)14-19-10-7-11-21(19)13-18-9-6-8-17(5)12-18/h6-12,15-16H,13-14H2,1-5H3. The lowest BCUT2D eigenvalue weighted by atomic mass is 10.1. The van der Waals surface area contributed by atoms with E-state index >= 15 is 0 Å². The Bertz CT molecular complexity index is 655. The van der Waals surface area contributed by atoms with Gasteiger partial charge in [-0.1, -0.05) is 43.7 Å². The van der Waals surface area contributed by atoms with Gasteiger partial charge in [-0.15, -0.1) is 0 Å². The summed E-state index contributed by atoms with van der Waals surface area (Å²) >= 11 is 0. The van der Waals surface area contributed by atoms with E-state index in [0.717, 1.165) is 6.54 Å². The average molecular weight is 312 g/mol. The molecule has 0 radical (unpaired) electrons. The summed E-state index contributed by atoms with van der Waals surface area (Å²) < 4.78 is 2.23. The molecule has 0 unspecified atom stereocenters. The van der Waals surface area contributed by atoms with E-state index in [2.05, 4.69) is 67.9 Å². The molecule has 0 bridgehead atoms. The summed E-state index contributed by atoms with van der Waals surface area (Å²) in [6.07, 6.45) is 2.09. The van der Waals surface area contributed by atoms with Crippen molar-refractivity contribution in [2.24, 2.45) is 5.92 Å². The van der Waals surface area contributed by atoms with Crippen LogP contribution in [0.1, 0.15) is 44.5 Å². The highest BCUT2D eigenvalue weighted by Crippen LogP contribution is 2.15. The van der Waals surface area contributed by atoms with Gasteiger partial charge in [0.2, 0.25) is 5.91 Å². The zero-order chi connectivity index (χ0) is 17.0. The summed E-state index contributed by atoms with van der Waals surface area (Å²) in [6, 6.07) is 12.9. The van der Waals surface area contributed by atoms with Gasteiger partial charge in [-0.3, -0.25) is 4.79 Å². The second-order valence-corrected chi connectivity index (χ2v) is 6.83. The minimum absolute atomic E-state index is 0.0255. The number of rotatable bonds is 6. The third-order valence-corrected chi connectivity index (χ3v) is 4.09. The lowest BCUT2D eigenvalue weighted by Crippen LogP contribution is -2.39. The number of hydrogen-bond acceptors (Lipinski definition) is 1. The molecule has 3 heteroatoms. The first-order valence-electron chi connectivity index (χ1n) is 8.38. The van der Waals surface area contributed by atoms with Crippen molar-refractivity contribution in [1.29, 1.82) is 0 Å². The Hall–Kier alpha value is -2.03. The van der Waals surface area contributed by atoms with Crippen molar-refractivity contribution in [2.75, 3.05) is 0 Å². The fourth-order valence-corrected chi connectivity index (χ4v) is 2.78. The molecule has 0 saturated heterocycles.